The highest BCUT2D eigenvalue weighted by atomic mass is 16.5. The standard InChI is InChI=1S/C14H19NO2/c1-14(8-7-13(16)15-14)9-11-3-5-12(6-4-11)10-17-2/h3-6H,7-10H2,1-2H3,(H,15,16). The zero-order valence-electron chi connectivity index (χ0n) is 10.5. The molecule has 1 aliphatic heterocycles. The van der Waals surface area contributed by atoms with E-state index in [-0.39, 0.29) is 11.4 Å². The van der Waals surface area contributed by atoms with Gasteiger partial charge in [-0.05, 0) is 30.9 Å². The second kappa shape index (κ2) is 4.88. The van der Waals surface area contributed by atoms with Crippen LogP contribution in [0.5, 0.6) is 0 Å². The summed E-state index contributed by atoms with van der Waals surface area (Å²) in [6.45, 7) is 2.76. The Morgan fingerprint density at radius 3 is 2.47 bits per heavy atom. The van der Waals surface area contributed by atoms with Crippen molar-refractivity contribution in [3.63, 3.8) is 0 Å². The lowest BCUT2D eigenvalue weighted by molar-refractivity contribution is -0.119. The molecule has 0 aromatic heterocycles. The van der Waals surface area contributed by atoms with Crippen LogP contribution in [-0.4, -0.2) is 18.6 Å². The molecule has 0 saturated carbocycles. The summed E-state index contributed by atoms with van der Waals surface area (Å²) >= 11 is 0. The molecule has 0 radical (unpaired) electrons. The largest absolute Gasteiger partial charge is 0.380 e. The minimum absolute atomic E-state index is 0.0696. The Labute approximate surface area is 102 Å². The quantitative estimate of drug-likeness (QED) is 0.864. The van der Waals surface area contributed by atoms with E-state index in [0.29, 0.717) is 13.0 Å². The van der Waals surface area contributed by atoms with E-state index >= 15 is 0 Å². The summed E-state index contributed by atoms with van der Waals surface area (Å²) in [5, 5.41) is 3.05. The van der Waals surface area contributed by atoms with Gasteiger partial charge in [-0.3, -0.25) is 4.79 Å². The Hall–Kier alpha value is -1.35. The first-order valence-electron chi connectivity index (χ1n) is 5.99. The molecular weight excluding hydrogens is 214 g/mol. The first kappa shape index (κ1) is 12.1. The number of amides is 1. The minimum atomic E-state index is -0.0696. The van der Waals surface area contributed by atoms with E-state index in [1.807, 2.05) is 0 Å². The van der Waals surface area contributed by atoms with Crippen LogP contribution in [0.1, 0.15) is 30.9 Å². The van der Waals surface area contributed by atoms with E-state index in [0.717, 1.165) is 12.8 Å². The molecule has 0 spiro atoms. The molecule has 2 rings (SSSR count). The topological polar surface area (TPSA) is 38.3 Å². The second-order valence-electron chi connectivity index (χ2n) is 5.04. The van der Waals surface area contributed by atoms with E-state index < -0.39 is 0 Å². The molecule has 3 nitrogen and oxygen atoms in total. The number of methoxy groups -OCH3 is 1. The van der Waals surface area contributed by atoms with Crippen molar-refractivity contribution in [2.24, 2.45) is 0 Å². The predicted octanol–water partition coefficient (Wildman–Crippen LogP) is 2.04. The van der Waals surface area contributed by atoms with Gasteiger partial charge in [-0.2, -0.15) is 0 Å². The van der Waals surface area contributed by atoms with Crippen molar-refractivity contribution >= 4 is 5.91 Å². The maximum absolute atomic E-state index is 11.3. The van der Waals surface area contributed by atoms with E-state index in [9.17, 15) is 4.79 Å². The van der Waals surface area contributed by atoms with Gasteiger partial charge in [0.25, 0.3) is 0 Å². The first-order valence-corrected chi connectivity index (χ1v) is 5.99. The summed E-state index contributed by atoms with van der Waals surface area (Å²) in [4.78, 5) is 11.3. The zero-order valence-corrected chi connectivity index (χ0v) is 10.5. The molecule has 1 heterocycles. The second-order valence-corrected chi connectivity index (χ2v) is 5.04. The van der Waals surface area contributed by atoms with Gasteiger partial charge in [-0.25, -0.2) is 0 Å². The molecule has 1 aromatic rings. The number of carbonyl (C=O) groups is 1. The average molecular weight is 233 g/mol. The van der Waals surface area contributed by atoms with E-state index in [2.05, 4.69) is 36.5 Å². The van der Waals surface area contributed by atoms with Crippen LogP contribution in [0.15, 0.2) is 24.3 Å². The summed E-state index contributed by atoms with van der Waals surface area (Å²) in [7, 11) is 1.70. The third-order valence-electron chi connectivity index (χ3n) is 3.27. The Kier molecular flexibility index (Phi) is 3.48. The molecule has 0 bridgehead atoms. The third kappa shape index (κ3) is 3.07. The Bertz CT molecular complexity index is 399. The first-order chi connectivity index (χ1) is 8.11. The number of hydrogen-bond donors (Lipinski definition) is 1. The van der Waals surface area contributed by atoms with Crippen LogP contribution >= 0.6 is 0 Å². The van der Waals surface area contributed by atoms with Crippen molar-refractivity contribution in [1.29, 1.82) is 0 Å². The maximum Gasteiger partial charge on any atom is 0.220 e. The molecule has 3 heteroatoms. The highest BCUT2D eigenvalue weighted by Crippen LogP contribution is 2.24. The fraction of sp³-hybridized carbons (Fsp3) is 0.500. The van der Waals surface area contributed by atoms with Gasteiger partial charge in [0, 0.05) is 19.1 Å². The van der Waals surface area contributed by atoms with Crippen molar-refractivity contribution in [2.75, 3.05) is 7.11 Å². The minimum Gasteiger partial charge on any atom is -0.380 e. The van der Waals surface area contributed by atoms with Gasteiger partial charge in [0.1, 0.15) is 0 Å². The molecule has 1 saturated heterocycles. The molecule has 1 unspecified atom stereocenters. The van der Waals surface area contributed by atoms with Gasteiger partial charge in [-0.1, -0.05) is 24.3 Å². The normalized spacial score (nSPS) is 23.8. The fourth-order valence-electron chi connectivity index (χ4n) is 2.35. The van der Waals surface area contributed by atoms with E-state index in [1.165, 1.54) is 11.1 Å². The predicted molar refractivity (Wildman–Crippen MR) is 66.6 cm³/mol. The van der Waals surface area contributed by atoms with Crippen LogP contribution in [0, 0.1) is 0 Å². The molecule has 92 valence electrons. The number of nitrogens with one attached hydrogen (secondary N) is 1. The van der Waals surface area contributed by atoms with Crippen molar-refractivity contribution in [2.45, 2.75) is 38.3 Å². The summed E-state index contributed by atoms with van der Waals surface area (Å²) in [6.07, 6.45) is 2.47. The molecule has 1 N–H and O–H groups in total. The summed E-state index contributed by atoms with van der Waals surface area (Å²) < 4.78 is 5.08. The summed E-state index contributed by atoms with van der Waals surface area (Å²) in [6, 6.07) is 8.39. The highest BCUT2D eigenvalue weighted by molar-refractivity contribution is 5.79. The van der Waals surface area contributed by atoms with Crippen LogP contribution < -0.4 is 5.32 Å². The SMILES string of the molecule is COCc1ccc(CC2(C)CCC(=O)N2)cc1. The molecule has 1 amide bonds. The van der Waals surface area contributed by atoms with Gasteiger partial charge >= 0.3 is 0 Å². The number of rotatable bonds is 4. The highest BCUT2D eigenvalue weighted by Gasteiger charge is 2.32. The fourth-order valence-corrected chi connectivity index (χ4v) is 2.35. The average Bonchev–Trinajstić information content (AvgIpc) is 2.62. The van der Waals surface area contributed by atoms with Gasteiger partial charge in [-0.15, -0.1) is 0 Å². The van der Waals surface area contributed by atoms with Crippen LogP contribution in [0.3, 0.4) is 0 Å². The molecule has 1 fully saturated rings. The van der Waals surface area contributed by atoms with Crippen molar-refractivity contribution in [1.82, 2.24) is 5.32 Å². The van der Waals surface area contributed by atoms with E-state index in [1.54, 1.807) is 7.11 Å². The van der Waals surface area contributed by atoms with Gasteiger partial charge < -0.3 is 10.1 Å². The van der Waals surface area contributed by atoms with Crippen molar-refractivity contribution < 1.29 is 9.53 Å². The Morgan fingerprint density at radius 1 is 1.29 bits per heavy atom. The number of benzene rings is 1. The molecule has 17 heavy (non-hydrogen) atoms. The summed E-state index contributed by atoms with van der Waals surface area (Å²) in [5.74, 6) is 0.170. The van der Waals surface area contributed by atoms with Crippen LogP contribution in [0.4, 0.5) is 0 Å². The summed E-state index contributed by atoms with van der Waals surface area (Å²) in [5.41, 5.74) is 2.37. The maximum atomic E-state index is 11.3. The van der Waals surface area contributed by atoms with Crippen molar-refractivity contribution in [3.05, 3.63) is 35.4 Å². The Morgan fingerprint density at radius 2 is 1.94 bits per heavy atom. The third-order valence-corrected chi connectivity index (χ3v) is 3.27. The molecule has 0 aliphatic carbocycles. The molecular formula is C14H19NO2. The van der Waals surface area contributed by atoms with Crippen LogP contribution in [0.2, 0.25) is 0 Å². The zero-order chi connectivity index (χ0) is 12.3. The van der Waals surface area contributed by atoms with Crippen molar-refractivity contribution in [3.8, 4) is 0 Å². The number of hydrogen-bond acceptors (Lipinski definition) is 2. The Balaban J connectivity index is 2.01. The van der Waals surface area contributed by atoms with Crippen LogP contribution in [0.25, 0.3) is 0 Å². The lowest BCUT2D eigenvalue weighted by Gasteiger charge is -2.24. The van der Waals surface area contributed by atoms with Gasteiger partial charge in [0.2, 0.25) is 5.91 Å². The molecule has 1 aliphatic rings. The number of ether oxygens (including phenoxy) is 1. The molecule has 1 atom stereocenters. The van der Waals surface area contributed by atoms with Crippen LogP contribution in [-0.2, 0) is 22.6 Å². The van der Waals surface area contributed by atoms with E-state index in [4.69, 9.17) is 4.74 Å². The lowest BCUT2D eigenvalue weighted by Crippen LogP contribution is -2.40. The lowest BCUT2D eigenvalue weighted by atomic mass is 9.91. The van der Waals surface area contributed by atoms with Gasteiger partial charge in [0.15, 0.2) is 0 Å². The smallest absolute Gasteiger partial charge is 0.220 e. The number of carbonyl (C=O) groups excluding carboxylic acids is 1. The monoisotopic (exact) mass is 233 g/mol. The molecule has 1 aromatic carbocycles. The van der Waals surface area contributed by atoms with Gasteiger partial charge in [0.05, 0.1) is 6.61 Å².